The van der Waals surface area contributed by atoms with Gasteiger partial charge in [0.2, 0.25) is 5.91 Å². The van der Waals surface area contributed by atoms with Crippen molar-refractivity contribution in [2.45, 2.75) is 12.8 Å². The number of piperidine rings is 1. The van der Waals surface area contributed by atoms with Gasteiger partial charge in [-0.15, -0.1) is 0 Å². The molecule has 0 aromatic heterocycles. The Hall–Kier alpha value is -0.900. The normalized spacial score (nSPS) is 18.1. The molecule has 0 atom stereocenters. The molecule has 0 radical (unpaired) electrons. The lowest BCUT2D eigenvalue weighted by Crippen LogP contribution is -2.42. The number of carbonyl (C=O) groups is 2. The van der Waals surface area contributed by atoms with E-state index in [0.29, 0.717) is 32.5 Å². The topological polar surface area (TPSA) is 40.6 Å². The SMILES string of the molecule is CN(C)CC(=O)N1CCC(=O)CC1. The molecule has 4 nitrogen and oxygen atoms in total. The van der Waals surface area contributed by atoms with Gasteiger partial charge in [-0.05, 0) is 14.1 Å². The predicted molar refractivity (Wildman–Crippen MR) is 49.4 cm³/mol. The van der Waals surface area contributed by atoms with Crippen molar-refractivity contribution in [3.63, 3.8) is 0 Å². The van der Waals surface area contributed by atoms with E-state index in [9.17, 15) is 9.59 Å². The summed E-state index contributed by atoms with van der Waals surface area (Å²) in [6.07, 6.45) is 1.05. The summed E-state index contributed by atoms with van der Waals surface area (Å²) in [5.41, 5.74) is 0. The van der Waals surface area contributed by atoms with Gasteiger partial charge in [0.15, 0.2) is 0 Å². The summed E-state index contributed by atoms with van der Waals surface area (Å²) in [4.78, 5) is 26.0. The number of likely N-dealkylation sites (N-methyl/N-ethyl adjacent to an activating group) is 1. The van der Waals surface area contributed by atoms with Crippen LogP contribution >= 0.6 is 0 Å². The van der Waals surface area contributed by atoms with Gasteiger partial charge < -0.3 is 9.80 Å². The third-order valence-corrected chi connectivity index (χ3v) is 2.13. The van der Waals surface area contributed by atoms with Crippen LogP contribution in [-0.4, -0.2) is 55.2 Å². The van der Waals surface area contributed by atoms with Crippen molar-refractivity contribution in [1.82, 2.24) is 9.80 Å². The molecule has 0 aliphatic carbocycles. The first-order chi connectivity index (χ1) is 6.09. The second kappa shape index (κ2) is 4.37. The Labute approximate surface area is 78.5 Å². The maximum Gasteiger partial charge on any atom is 0.236 e. The molecule has 0 bridgehead atoms. The fraction of sp³-hybridized carbons (Fsp3) is 0.778. The minimum atomic E-state index is 0.123. The molecule has 0 N–H and O–H groups in total. The van der Waals surface area contributed by atoms with Crippen LogP contribution in [0.3, 0.4) is 0 Å². The monoisotopic (exact) mass is 184 g/mol. The van der Waals surface area contributed by atoms with Gasteiger partial charge in [-0.3, -0.25) is 9.59 Å². The molecule has 0 aromatic carbocycles. The summed E-state index contributed by atoms with van der Waals surface area (Å²) in [6.45, 7) is 1.64. The highest BCUT2D eigenvalue weighted by atomic mass is 16.2. The minimum Gasteiger partial charge on any atom is -0.341 e. The van der Waals surface area contributed by atoms with E-state index in [4.69, 9.17) is 0 Å². The number of carbonyl (C=O) groups excluding carboxylic acids is 2. The number of ketones is 1. The van der Waals surface area contributed by atoms with Crippen molar-refractivity contribution in [3.8, 4) is 0 Å². The second-order valence-electron chi connectivity index (χ2n) is 3.66. The van der Waals surface area contributed by atoms with Crippen LogP contribution in [0.5, 0.6) is 0 Å². The van der Waals surface area contributed by atoms with Crippen molar-refractivity contribution < 1.29 is 9.59 Å². The number of amides is 1. The Kier molecular flexibility index (Phi) is 3.42. The Morgan fingerprint density at radius 1 is 1.38 bits per heavy atom. The van der Waals surface area contributed by atoms with Crippen LogP contribution in [0.1, 0.15) is 12.8 Å². The Balaban J connectivity index is 2.35. The Bertz CT molecular complexity index is 204. The third-order valence-electron chi connectivity index (χ3n) is 2.13. The molecular formula is C9H16N2O2. The first-order valence-electron chi connectivity index (χ1n) is 4.54. The van der Waals surface area contributed by atoms with E-state index >= 15 is 0 Å². The van der Waals surface area contributed by atoms with Crippen LogP contribution < -0.4 is 0 Å². The molecule has 1 fully saturated rings. The van der Waals surface area contributed by atoms with Gasteiger partial charge in [0.05, 0.1) is 6.54 Å². The van der Waals surface area contributed by atoms with Crippen molar-refractivity contribution in [2.75, 3.05) is 33.7 Å². The fourth-order valence-corrected chi connectivity index (χ4v) is 1.38. The molecule has 0 spiro atoms. The predicted octanol–water partition coefficient (Wildman–Crippen LogP) is -0.261. The molecule has 0 unspecified atom stereocenters. The summed E-state index contributed by atoms with van der Waals surface area (Å²) in [6, 6.07) is 0. The zero-order chi connectivity index (χ0) is 9.84. The van der Waals surface area contributed by atoms with Crippen LogP contribution in [0, 0.1) is 0 Å². The maximum absolute atomic E-state index is 11.5. The number of hydrogen-bond donors (Lipinski definition) is 0. The number of rotatable bonds is 2. The lowest BCUT2D eigenvalue weighted by molar-refractivity contribution is -0.135. The summed E-state index contributed by atoms with van der Waals surface area (Å²) < 4.78 is 0. The van der Waals surface area contributed by atoms with Crippen LogP contribution in [0.4, 0.5) is 0 Å². The molecular weight excluding hydrogens is 168 g/mol. The number of Topliss-reactive ketones (excluding diaryl/α,β-unsaturated/α-hetero) is 1. The minimum absolute atomic E-state index is 0.123. The molecule has 1 rings (SSSR count). The molecule has 1 amide bonds. The molecule has 74 valence electrons. The summed E-state index contributed by atoms with van der Waals surface area (Å²) >= 11 is 0. The van der Waals surface area contributed by atoms with Crippen LogP contribution in [0.25, 0.3) is 0 Å². The Morgan fingerprint density at radius 3 is 2.38 bits per heavy atom. The van der Waals surface area contributed by atoms with Crippen LogP contribution in [-0.2, 0) is 9.59 Å². The van der Waals surface area contributed by atoms with E-state index in [1.807, 2.05) is 19.0 Å². The molecule has 1 saturated heterocycles. The van der Waals surface area contributed by atoms with Crippen LogP contribution in [0.15, 0.2) is 0 Å². The van der Waals surface area contributed by atoms with Gasteiger partial charge in [-0.25, -0.2) is 0 Å². The lowest BCUT2D eigenvalue weighted by Gasteiger charge is -2.27. The number of nitrogens with zero attached hydrogens (tertiary/aromatic N) is 2. The molecule has 4 heteroatoms. The molecule has 0 aromatic rings. The molecule has 13 heavy (non-hydrogen) atoms. The number of hydrogen-bond acceptors (Lipinski definition) is 3. The van der Waals surface area contributed by atoms with Gasteiger partial charge in [-0.2, -0.15) is 0 Å². The maximum atomic E-state index is 11.5. The highest BCUT2D eigenvalue weighted by molar-refractivity contribution is 5.84. The van der Waals surface area contributed by atoms with Gasteiger partial charge >= 0.3 is 0 Å². The Morgan fingerprint density at radius 2 is 1.92 bits per heavy atom. The highest BCUT2D eigenvalue weighted by Crippen LogP contribution is 2.05. The average molecular weight is 184 g/mol. The molecule has 0 saturated carbocycles. The quantitative estimate of drug-likeness (QED) is 0.593. The van der Waals surface area contributed by atoms with E-state index in [1.54, 1.807) is 4.90 Å². The summed E-state index contributed by atoms with van der Waals surface area (Å²) in [5, 5.41) is 0. The van der Waals surface area contributed by atoms with Gasteiger partial charge in [0.25, 0.3) is 0 Å². The van der Waals surface area contributed by atoms with Gasteiger partial charge in [-0.1, -0.05) is 0 Å². The number of likely N-dealkylation sites (tertiary alicyclic amines) is 1. The van der Waals surface area contributed by atoms with Crippen LogP contribution in [0.2, 0.25) is 0 Å². The van der Waals surface area contributed by atoms with E-state index in [2.05, 4.69) is 0 Å². The van der Waals surface area contributed by atoms with Gasteiger partial charge in [0, 0.05) is 25.9 Å². The van der Waals surface area contributed by atoms with Crippen molar-refractivity contribution >= 4 is 11.7 Å². The first kappa shape index (κ1) is 10.2. The van der Waals surface area contributed by atoms with E-state index < -0.39 is 0 Å². The zero-order valence-corrected chi connectivity index (χ0v) is 8.25. The van der Waals surface area contributed by atoms with E-state index in [1.165, 1.54) is 0 Å². The molecule has 1 heterocycles. The van der Waals surface area contributed by atoms with Crippen molar-refractivity contribution in [3.05, 3.63) is 0 Å². The average Bonchev–Trinajstić information content (AvgIpc) is 2.04. The summed E-state index contributed by atoms with van der Waals surface area (Å²) in [5.74, 6) is 0.395. The fourth-order valence-electron chi connectivity index (χ4n) is 1.38. The van der Waals surface area contributed by atoms with Gasteiger partial charge in [0.1, 0.15) is 5.78 Å². The highest BCUT2D eigenvalue weighted by Gasteiger charge is 2.20. The largest absolute Gasteiger partial charge is 0.341 e. The molecule has 1 aliphatic rings. The van der Waals surface area contributed by atoms with E-state index in [-0.39, 0.29) is 11.7 Å². The third kappa shape index (κ3) is 3.14. The smallest absolute Gasteiger partial charge is 0.236 e. The standard InChI is InChI=1S/C9H16N2O2/c1-10(2)7-9(13)11-5-3-8(12)4-6-11/h3-7H2,1-2H3. The zero-order valence-electron chi connectivity index (χ0n) is 8.25. The van der Waals surface area contributed by atoms with Crippen molar-refractivity contribution in [2.24, 2.45) is 0 Å². The lowest BCUT2D eigenvalue weighted by atomic mass is 10.1. The van der Waals surface area contributed by atoms with E-state index in [0.717, 1.165) is 0 Å². The second-order valence-corrected chi connectivity index (χ2v) is 3.66. The van der Waals surface area contributed by atoms with Crippen molar-refractivity contribution in [1.29, 1.82) is 0 Å². The summed E-state index contributed by atoms with van der Waals surface area (Å²) in [7, 11) is 3.74. The first-order valence-corrected chi connectivity index (χ1v) is 4.54. The molecule has 1 aliphatic heterocycles.